The molecule has 0 radical (unpaired) electrons. The molecule has 0 aliphatic carbocycles. The van der Waals surface area contributed by atoms with Gasteiger partial charge in [-0.15, -0.1) is 0 Å². The minimum absolute atomic E-state index is 0.287. The van der Waals surface area contributed by atoms with Gasteiger partial charge in [0.05, 0.1) is 6.10 Å². The van der Waals surface area contributed by atoms with Crippen molar-refractivity contribution in [3.63, 3.8) is 0 Å². The van der Waals surface area contributed by atoms with Crippen molar-refractivity contribution in [2.45, 2.75) is 32.4 Å². The standard InChI is InChI=1S/C15H25N3O/c1-13-4-7-18(8-5-13)12-15(19)11-17-10-14-3-2-6-16-9-14/h2-3,6,9,13,15,17,19H,4-5,7-8,10-12H2,1H3. The molecule has 0 spiro atoms. The van der Waals surface area contributed by atoms with Gasteiger partial charge in [-0.2, -0.15) is 0 Å². The van der Waals surface area contributed by atoms with Crippen LogP contribution in [0.5, 0.6) is 0 Å². The summed E-state index contributed by atoms with van der Waals surface area (Å²) in [5.41, 5.74) is 1.15. The third-order valence-corrected chi connectivity index (χ3v) is 3.78. The predicted molar refractivity (Wildman–Crippen MR) is 76.8 cm³/mol. The second kappa shape index (κ2) is 7.58. The highest BCUT2D eigenvalue weighted by Crippen LogP contribution is 2.15. The molecule has 1 fully saturated rings. The lowest BCUT2D eigenvalue weighted by Crippen LogP contribution is -2.41. The molecule has 1 aromatic heterocycles. The van der Waals surface area contributed by atoms with E-state index in [2.05, 4.69) is 22.1 Å². The zero-order valence-electron chi connectivity index (χ0n) is 11.8. The summed E-state index contributed by atoms with van der Waals surface area (Å²) in [7, 11) is 0. The second-order valence-corrected chi connectivity index (χ2v) is 5.63. The van der Waals surface area contributed by atoms with Crippen LogP contribution in [0, 0.1) is 5.92 Å². The number of β-amino-alcohol motifs (C(OH)–C–C–N with tert-alkyl or cyclic N) is 1. The topological polar surface area (TPSA) is 48.4 Å². The summed E-state index contributed by atoms with van der Waals surface area (Å²) in [5.74, 6) is 0.845. The van der Waals surface area contributed by atoms with Crippen LogP contribution >= 0.6 is 0 Å². The molecule has 1 atom stereocenters. The molecule has 0 saturated carbocycles. The first-order chi connectivity index (χ1) is 9.24. The van der Waals surface area contributed by atoms with Crippen molar-refractivity contribution >= 4 is 0 Å². The lowest BCUT2D eigenvalue weighted by Gasteiger charge is -2.31. The average Bonchev–Trinajstić information content (AvgIpc) is 2.43. The molecule has 0 amide bonds. The number of aliphatic hydroxyl groups excluding tert-OH is 1. The van der Waals surface area contributed by atoms with Gasteiger partial charge in [-0.25, -0.2) is 0 Å². The van der Waals surface area contributed by atoms with Crippen molar-refractivity contribution in [2.75, 3.05) is 26.2 Å². The molecule has 4 heteroatoms. The Balaban J connectivity index is 1.61. The van der Waals surface area contributed by atoms with Crippen LogP contribution in [0.25, 0.3) is 0 Å². The molecule has 4 nitrogen and oxygen atoms in total. The summed E-state index contributed by atoms with van der Waals surface area (Å²) in [6.45, 7) is 6.75. The van der Waals surface area contributed by atoms with E-state index in [0.717, 1.165) is 37.7 Å². The Bertz CT molecular complexity index is 350. The Morgan fingerprint density at radius 2 is 2.26 bits per heavy atom. The highest BCUT2D eigenvalue weighted by Gasteiger charge is 2.17. The highest BCUT2D eigenvalue weighted by atomic mass is 16.3. The third kappa shape index (κ3) is 5.27. The molecule has 1 aromatic rings. The number of nitrogens with zero attached hydrogens (tertiary/aromatic N) is 2. The fraction of sp³-hybridized carbons (Fsp3) is 0.667. The number of hydrogen-bond acceptors (Lipinski definition) is 4. The van der Waals surface area contributed by atoms with E-state index in [0.29, 0.717) is 6.54 Å². The third-order valence-electron chi connectivity index (χ3n) is 3.78. The maximum Gasteiger partial charge on any atom is 0.0791 e. The second-order valence-electron chi connectivity index (χ2n) is 5.63. The van der Waals surface area contributed by atoms with Gasteiger partial charge < -0.3 is 15.3 Å². The molecule has 2 rings (SSSR count). The smallest absolute Gasteiger partial charge is 0.0791 e. The molecule has 1 saturated heterocycles. The maximum atomic E-state index is 10.0. The van der Waals surface area contributed by atoms with Gasteiger partial charge in [-0.05, 0) is 43.5 Å². The Kier molecular flexibility index (Phi) is 5.76. The molecule has 0 aromatic carbocycles. The van der Waals surface area contributed by atoms with E-state index in [1.165, 1.54) is 12.8 Å². The van der Waals surface area contributed by atoms with Crippen molar-refractivity contribution in [3.05, 3.63) is 30.1 Å². The van der Waals surface area contributed by atoms with Gasteiger partial charge in [-0.1, -0.05) is 13.0 Å². The van der Waals surface area contributed by atoms with E-state index in [-0.39, 0.29) is 6.10 Å². The highest BCUT2D eigenvalue weighted by molar-refractivity contribution is 5.07. The SMILES string of the molecule is CC1CCN(CC(O)CNCc2cccnc2)CC1. The Hall–Kier alpha value is -0.970. The van der Waals surface area contributed by atoms with Crippen molar-refractivity contribution in [1.82, 2.24) is 15.2 Å². The van der Waals surface area contributed by atoms with E-state index in [1.54, 1.807) is 6.20 Å². The Labute approximate surface area is 115 Å². The molecular weight excluding hydrogens is 238 g/mol. The number of hydrogen-bond donors (Lipinski definition) is 2. The van der Waals surface area contributed by atoms with Crippen molar-refractivity contribution in [2.24, 2.45) is 5.92 Å². The van der Waals surface area contributed by atoms with Gasteiger partial charge in [0.15, 0.2) is 0 Å². The number of pyridine rings is 1. The van der Waals surface area contributed by atoms with Gasteiger partial charge in [-0.3, -0.25) is 4.98 Å². The molecule has 1 unspecified atom stereocenters. The van der Waals surface area contributed by atoms with Gasteiger partial charge in [0.1, 0.15) is 0 Å². The number of nitrogens with one attached hydrogen (secondary N) is 1. The molecule has 2 N–H and O–H groups in total. The van der Waals surface area contributed by atoms with E-state index in [4.69, 9.17) is 0 Å². The normalized spacial score (nSPS) is 19.5. The van der Waals surface area contributed by atoms with Crippen LogP contribution in [0.3, 0.4) is 0 Å². The van der Waals surface area contributed by atoms with Gasteiger partial charge >= 0.3 is 0 Å². The molecular formula is C15H25N3O. The predicted octanol–water partition coefficient (Wildman–Crippen LogP) is 1.26. The average molecular weight is 263 g/mol. The molecule has 1 aliphatic heterocycles. The van der Waals surface area contributed by atoms with E-state index >= 15 is 0 Å². The lowest BCUT2D eigenvalue weighted by molar-refractivity contribution is 0.0907. The van der Waals surface area contributed by atoms with Crippen molar-refractivity contribution < 1.29 is 5.11 Å². The monoisotopic (exact) mass is 263 g/mol. The summed E-state index contributed by atoms with van der Waals surface area (Å²) in [6.07, 6.45) is 5.86. The Morgan fingerprint density at radius 1 is 1.47 bits per heavy atom. The molecule has 19 heavy (non-hydrogen) atoms. The van der Waals surface area contributed by atoms with Crippen molar-refractivity contribution in [1.29, 1.82) is 0 Å². The van der Waals surface area contributed by atoms with E-state index in [1.807, 2.05) is 18.3 Å². The maximum absolute atomic E-state index is 10.0. The number of likely N-dealkylation sites (tertiary alicyclic amines) is 1. The van der Waals surface area contributed by atoms with Crippen LogP contribution in [-0.2, 0) is 6.54 Å². The molecule has 106 valence electrons. The number of aromatic nitrogens is 1. The van der Waals surface area contributed by atoms with Crippen LogP contribution in [0.15, 0.2) is 24.5 Å². The van der Waals surface area contributed by atoms with Gasteiger partial charge in [0.2, 0.25) is 0 Å². The summed E-state index contributed by atoms with van der Waals surface area (Å²) >= 11 is 0. The summed E-state index contributed by atoms with van der Waals surface area (Å²) in [6, 6.07) is 3.97. The van der Waals surface area contributed by atoms with E-state index < -0.39 is 0 Å². The molecule has 2 heterocycles. The first-order valence-corrected chi connectivity index (χ1v) is 7.24. The van der Waals surface area contributed by atoms with Crippen LogP contribution in [0.4, 0.5) is 0 Å². The van der Waals surface area contributed by atoms with E-state index in [9.17, 15) is 5.11 Å². The minimum Gasteiger partial charge on any atom is -0.390 e. The zero-order valence-corrected chi connectivity index (χ0v) is 11.8. The van der Waals surface area contributed by atoms with Gasteiger partial charge in [0, 0.05) is 32.0 Å². The minimum atomic E-state index is -0.287. The quantitative estimate of drug-likeness (QED) is 0.811. The number of aliphatic hydroxyl groups is 1. The van der Waals surface area contributed by atoms with Crippen molar-refractivity contribution in [3.8, 4) is 0 Å². The zero-order chi connectivity index (χ0) is 13.5. The van der Waals surface area contributed by atoms with Gasteiger partial charge in [0.25, 0.3) is 0 Å². The fourth-order valence-corrected chi connectivity index (χ4v) is 2.49. The number of rotatable bonds is 6. The first-order valence-electron chi connectivity index (χ1n) is 7.24. The Morgan fingerprint density at radius 3 is 2.95 bits per heavy atom. The fourth-order valence-electron chi connectivity index (χ4n) is 2.49. The molecule has 0 bridgehead atoms. The summed E-state index contributed by atoms with van der Waals surface area (Å²) in [5, 5.41) is 13.3. The molecule has 1 aliphatic rings. The van der Waals surface area contributed by atoms with Crippen LogP contribution in [0.1, 0.15) is 25.3 Å². The van der Waals surface area contributed by atoms with Crippen LogP contribution in [-0.4, -0.2) is 47.3 Å². The lowest BCUT2D eigenvalue weighted by atomic mass is 9.99. The first kappa shape index (κ1) is 14.4. The summed E-state index contributed by atoms with van der Waals surface area (Å²) in [4.78, 5) is 6.44. The summed E-state index contributed by atoms with van der Waals surface area (Å²) < 4.78 is 0. The van der Waals surface area contributed by atoms with Crippen LogP contribution in [0.2, 0.25) is 0 Å². The van der Waals surface area contributed by atoms with Crippen LogP contribution < -0.4 is 5.32 Å². The largest absolute Gasteiger partial charge is 0.390 e. The number of piperidine rings is 1.